The van der Waals surface area contributed by atoms with Crippen LogP contribution in [0, 0.1) is 5.82 Å². The third kappa shape index (κ3) is 4.35. The van der Waals surface area contributed by atoms with Gasteiger partial charge in [0, 0.05) is 6.04 Å². The zero-order chi connectivity index (χ0) is 12.1. The number of halogens is 1. The fourth-order valence-corrected chi connectivity index (χ4v) is 1.80. The Hall–Kier alpha value is -1.09. The van der Waals surface area contributed by atoms with Gasteiger partial charge in [-0.3, -0.25) is 0 Å². The highest BCUT2D eigenvalue weighted by Crippen LogP contribution is 2.19. The van der Waals surface area contributed by atoms with Crippen LogP contribution in [0.4, 0.5) is 4.39 Å². The van der Waals surface area contributed by atoms with Crippen LogP contribution in [0.25, 0.3) is 0 Å². The van der Waals surface area contributed by atoms with E-state index in [1.54, 1.807) is 18.2 Å². The molecule has 2 rings (SSSR count). The molecule has 3 heteroatoms. The number of benzene rings is 1. The van der Waals surface area contributed by atoms with Crippen LogP contribution in [-0.2, 0) is 0 Å². The van der Waals surface area contributed by atoms with Crippen molar-refractivity contribution in [2.45, 2.75) is 44.8 Å². The third-order valence-electron chi connectivity index (χ3n) is 2.96. The van der Waals surface area contributed by atoms with Crippen molar-refractivity contribution in [3.63, 3.8) is 0 Å². The Bertz CT molecular complexity index is 352. The molecular weight excluding hydrogens is 217 g/mol. The number of ether oxygens (including phenoxy) is 1. The minimum atomic E-state index is -0.282. The van der Waals surface area contributed by atoms with Crippen molar-refractivity contribution in [3.8, 4) is 5.75 Å². The van der Waals surface area contributed by atoms with Crippen molar-refractivity contribution in [1.82, 2.24) is 5.32 Å². The number of hydrogen-bond donors (Lipinski definition) is 1. The molecule has 1 saturated carbocycles. The van der Waals surface area contributed by atoms with Gasteiger partial charge in [-0.25, -0.2) is 4.39 Å². The number of para-hydroxylation sites is 1. The van der Waals surface area contributed by atoms with E-state index in [0.717, 1.165) is 25.4 Å². The Kier molecular flexibility index (Phi) is 4.37. The van der Waals surface area contributed by atoms with Crippen molar-refractivity contribution in [2.24, 2.45) is 0 Å². The summed E-state index contributed by atoms with van der Waals surface area (Å²) in [4.78, 5) is 0. The van der Waals surface area contributed by atoms with E-state index in [1.165, 1.54) is 18.9 Å². The van der Waals surface area contributed by atoms with E-state index >= 15 is 0 Å². The summed E-state index contributed by atoms with van der Waals surface area (Å²) >= 11 is 0. The maximum absolute atomic E-state index is 13.3. The molecule has 0 amide bonds. The number of rotatable bonds is 7. The maximum Gasteiger partial charge on any atom is 0.165 e. The summed E-state index contributed by atoms with van der Waals surface area (Å²) in [6, 6.07) is 7.33. The average Bonchev–Trinajstić information content (AvgIpc) is 3.12. The second-order valence-electron chi connectivity index (χ2n) is 4.73. The molecule has 2 nitrogen and oxygen atoms in total. The summed E-state index contributed by atoms with van der Waals surface area (Å²) in [5.74, 6) is 0.0746. The van der Waals surface area contributed by atoms with Gasteiger partial charge in [0.15, 0.2) is 11.6 Å². The number of hydrogen-bond acceptors (Lipinski definition) is 2. The molecule has 0 aromatic heterocycles. The lowest BCUT2D eigenvalue weighted by Gasteiger charge is -2.15. The molecule has 1 aromatic carbocycles. The fraction of sp³-hybridized carbons (Fsp3) is 0.571. The maximum atomic E-state index is 13.3. The van der Waals surface area contributed by atoms with Gasteiger partial charge < -0.3 is 10.1 Å². The summed E-state index contributed by atoms with van der Waals surface area (Å²) in [7, 11) is 0. The molecule has 1 aromatic rings. The van der Waals surface area contributed by atoms with Gasteiger partial charge in [-0.05, 0) is 51.3 Å². The summed E-state index contributed by atoms with van der Waals surface area (Å²) < 4.78 is 18.9. The van der Waals surface area contributed by atoms with Gasteiger partial charge >= 0.3 is 0 Å². The Labute approximate surface area is 102 Å². The molecule has 1 aliphatic rings. The highest BCUT2D eigenvalue weighted by molar-refractivity contribution is 5.23. The number of nitrogens with one attached hydrogen (secondary N) is 1. The van der Waals surface area contributed by atoms with Crippen LogP contribution in [-0.4, -0.2) is 18.7 Å². The molecule has 0 aliphatic heterocycles. The lowest BCUT2D eigenvalue weighted by molar-refractivity contribution is 0.198. The van der Waals surface area contributed by atoms with Crippen LogP contribution in [0.2, 0.25) is 0 Å². The topological polar surface area (TPSA) is 21.3 Å². The summed E-state index contributed by atoms with van der Waals surface area (Å²) in [5, 5.41) is 3.46. The van der Waals surface area contributed by atoms with Gasteiger partial charge in [-0.1, -0.05) is 12.1 Å². The molecular formula is C14H20FNO. The van der Waals surface area contributed by atoms with Gasteiger partial charge in [0.2, 0.25) is 0 Å². The van der Waals surface area contributed by atoms with E-state index < -0.39 is 0 Å². The van der Waals surface area contributed by atoms with Crippen molar-refractivity contribution >= 4 is 0 Å². The first kappa shape index (κ1) is 12.4. The van der Waals surface area contributed by atoms with Crippen LogP contribution in [0.5, 0.6) is 5.75 Å². The zero-order valence-electron chi connectivity index (χ0n) is 10.3. The van der Waals surface area contributed by atoms with E-state index in [1.807, 2.05) is 6.92 Å². The van der Waals surface area contributed by atoms with E-state index in [2.05, 4.69) is 5.32 Å². The molecule has 0 bridgehead atoms. The monoisotopic (exact) mass is 237 g/mol. The highest BCUT2D eigenvalue weighted by atomic mass is 19.1. The van der Waals surface area contributed by atoms with E-state index in [9.17, 15) is 4.39 Å². The highest BCUT2D eigenvalue weighted by Gasteiger charge is 2.19. The molecule has 0 spiro atoms. The lowest BCUT2D eigenvalue weighted by atomic mass is 10.2. The first-order valence-corrected chi connectivity index (χ1v) is 6.40. The molecule has 1 fully saturated rings. The van der Waals surface area contributed by atoms with E-state index in [4.69, 9.17) is 4.74 Å². The molecule has 1 aliphatic carbocycles. The van der Waals surface area contributed by atoms with Gasteiger partial charge in [-0.15, -0.1) is 0 Å². The summed E-state index contributed by atoms with van der Waals surface area (Å²) in [5.41, 5.74) is 0. The molecule has 1 unspecified atom stereocenters. The normalized spacial score (nSPS) is 16.8. The van der Waals surface area contributed by atoms with Crippen molar-refractivity contribution in [3.05, 3.63) is 30.1 Å². The first-order valence-electron chi connectivity index (χ1n) is 6.40. The Morgan fingerprint density at radius 1 is 1.41 bits per heavy atom. The lowest BCUT2D eigenvalue weighted by Crippen LogP contribution is -2.20. The predicted octanol–water partition coefficient (Wildman–Crippen LogP) is 3.13. The SMILES string of the molecule is CC(CCCNC1CC1)Oc1ccccc1F. The molecule has 0 radical (unpaired) electrons. The Balaban J connectivity index is 1.65. The van der Waals surface area contributed by atoms with Gasteiger partial charge in [-0.2, -0.15) is 0 Å². The van der Waals surface area contributed by atoms with Gasteiger partial charge in [0.05, 0.1) is 6.10 Å². The van der Waals surface area contributed by atoms with Gasteiger partial charge in [0.1, 0.15) is 0 Å². The molecule has 1 N–H and O–H groups in total. The Morgan fingerprint density at radius 3 is 2.88 bits per heavy atom. The molecule has 17 heavy (non-hydrogen) atoms. The van der Waals surface area contributed by atoms with Crippen LogP contribution in [0.1, 0.15) is 32.6 Å². The standard InChI is InChI=1S/C14H20FNO/c1-11(5-4-10-16-12-8-9-12)17-14-7-3-2-6-13(14)15/h2-3,6-7,11-12,16H,4-5,8-10H2,1H3. The van der Waals surface area contributed by atoms with Crippen LogP contribution in [0.3, 0.4) is 0 Å². The quantitative estimate of drug-likeness (QED) is 0.736. The van der Waals surface area contributed by atoms with Crippen molar-refractivity contribution < 1.29 is 9.13 Å². The summed E-state index contributed by atoms with van der Waals surface area (Å²) in [6.45, 7) is 3.03. The van der Waals surface area contributed by atoms with Crippen LogP contribution >= 0.6 is 0 Å². The molecule has 1 atom stereocenters. The van der Waals surface area contributed by atoms with Crippen molar-refractivity contribution in [2.75, 3.05) is 6.54 Å². The average molecular weight is 237 g/mol. The van der Waals surface area contributed by atoms with E-state index in [0.29, 0.717) is 5.75 Å². The minimum absolute atomic E-state index is 0.0629. The Morgan fingerprint density at radius 2 is 2.18 bits per heavy atom. The minimum Gasteiger partial charge on any atom is -0.488 e. The van der Waals surface area contributed by atoms with Crippen molar-refractivity contribution in [1.29, 1.82) is 0 Å². The summed E-state index contributed by atoms with van der Waals surface area (Å²) in [6.07, 6.45) is 4.73. The third-order valence-corrected chi connectivity index (χ3v) is 2.96. The second-order valence-corrected chi connectivity index (χ2v) is 4.73. The van der Waals surface area contributed by atoms with Crippen LogP contribution in [0.15, 0.2) is 24.3 Å². The molecule has 94 valence electrons. The van der Waals surface area contributed by atoms with E-state index in [-0.39, 0.29) is 11.9 Å². The molecule has 0 heterocycles. The first-order chi connectivity index (χ1) is 8.25. The second kappa shape index (κ2) is 6.01. The zero-order valence-corrected chi connectivity index (χ0v) is 10.3. The fourth-order valence-electron chi connectivity index (χ4n) is 1.80. The van der Waals surface area contributed by atoms with Gasteiger partial charge in [0.25, 0.3) is 0 Å². The smallest absolute Gasteiger partial charge is 0.165 e. The predicted molar refractivity (Wildman–Crippen MR) is 66.7 cm³/mol. The van der Waals surface area contributed by atoms with Crippen LogP contribution < -0.4 is 10.1 Å². The molecule has 0 saturated heterocycles. The largest absolute Gasteiger partial charge is 0.488 e.